The third-order valence-corrected chi connectivity index (χ3v) is 5.57. The molecule has 1 aliphatic carbocycles. The van der Waals surface area contributed by atoms with E-state index in [1.807, 2.05) is 36.1 Å². The molecule has 3 aromatic rings. The Hall–Kier alpha value is -2.41. The fourth-order valence-electron chi connectivity index (χ4n) is 3.32. The maximum absolute atomic E-state index is 13.2. The summed E-state index contributed by atoms with van der Waals surface area (Å²) in [6.07, 6.45) is 5.92. The lowest BCUT2D eigenvalue weighted by Crippen LogP contribution is -2.23. The van der Waals surface area contributed by atoms with Crippen LogP contribution in [0.2, 0.25) is 0 Å². The number of hydrogen-bond acceptors (Lipinski definition) is 5. The number of fused-ring (bicyclic) bond motifs is 1. The van der Waals surface area contributed by atoms with Gasteiger partial charge in [0.15, 0.2) is 5.65 Å². The predicted molar refractivity (Wildman–Crippen MR) is 113 cm³/mol. The van der Waals surface area contributed by atoms with Gasteiger partial charge in [0.1, 0.15) is 0 Å². The molecule has 4 rings (SSSR count). The van der Waals surface area contributed by atoms with Crippen molar-refractivity contribution in [1.29, 1.82) is 0 Å². The first kappa shape index (κ1) is 18.9. The molecule has 0 saturated heterocycles. The van der Waals surface area contributed by atoms with E-state index in [9.17, 15) is 4.79 Å². The van der Waals surface area contributed by atoms with Gasteiger partial charge in [-0.2, -0.15) is 5.10 Å². The van der Waals surface area contributed by atoms with Crippen molar-refractivity contribution < 1.29 is 4.79 Å². The van der Waals surface area contributed by atoms with Gasteiger partial charge in [-0.3, -0.25) is 4.79 Å². The molecule has 1 N–H and O–H groups in total. The maximum atomic E-state index is 13.2. The molecule has 1 amide bonds. The summed E-state index contributed by atoms with van der Waals surface area (Å²) < 4.78 is 1.94. The van der Waals surface area contributed by atoms with Crippen LogP contribution in [0, 0.1) is 6.92 Å². The second-order valence-electron chi connectivity index (χ2n) is 8.28. The molecule has 1 saturated carbocycles. The summed E-state index contributed by atoms with van der Waals surface area (Å²) in [5.74, 6) is 0.298. The van der Waals surface area contributed by atoms with Gasteiger partial charge in [0, 0.05) is 11.6 Å². The fraction of sp³-hybridized carbons (Fsp3) is 0.429. The molecule has 0 radical (unpaired) electrons. The summed E-state index contributed by atoms with van der Waals surface area (Å²) in [4.78, 5) is 22.4. The van der Waals surface area contributed by atoms with Crippen molar-refractivity contribution in [3.8, 4) is 0 Å². The number of anilines is 1. The number of rotatable bonds is 4. The van der Waals surface area contributed by atoms with E-state index < -0.39 is 0 Å². The molecule has 1 fully saturated rings. The molecular formula is C21H25N5OS. The van der Waals surface area contributed by atoms with Gasteiger partial charge in [0.2, 0.25) is 0 Å². The number of hydrogen-bond donors (Lipinski definition) is 1. The summed E-state index contributed by atoms with van der Waals surface area (Å²) in [5, 5.41) is 9.45. The molecule has 0 atom stereocenters. The summed E-state index contributed by atoms with van der Waals surface area (Å²) >= 11 is 1.57. The molecule has 3 heterocycles. The lowest BCUT2D eigenvalue weighted by molar-refractivity contribution is 0.102. The van der Waals surface area contributed by atoms with Gasteiger partial charge in [-0.1, -0.05) is 0 Å². The van der Waals surface area contributed by atoms with Gasteiger partial charge in [-0.15, -0.1) is 11.8 Å². The number of aromatic nitrogens is 4. The van der Waals surface area contributed by atoms with Crippen LogP contribution >= 0.6 is 11.8 Å². The monoisotopic (exact) mass is 395 g/mol. The average Bonchev–Trinajstić information content (AvgIpc) is 3.44. The predicted octanol–water partition coefficient (Wildman–Crippen LogP) is 4.74. The van der Waals surface area contributed by atoms with Crippen LogP contribution in [-0.2, 0) is 5.54 Å². The molecule has 0 aromatic carbocycles. The third-order valence-electron chi connectivity index (χ3n) is 4.91. The molecule has 0 aliphatic heterocycles. The second kappa shape index (κ2) is 6.88. The quantitative estimate of drug-likeness (QED) is 0.646. The number of nitrogens with one attached hydrogen (secondary N) is 1. The zero-order chi connectivity index (χ0) is 20.1. The number of carbonyl (C=O) groups excluding carboxylic acids is 1. The van der Waals surface area contributed by atoms with Gasteiger partial charge in [-0.25, -0.2) is 14.6 Å². The second-order valence-corrected chi connectivity index (χ2v) is 9.11. The van der Waals surface area contributed by atoms with Crippen LogP contribution in [-0.4, -0.2) is 31.9 Å². The molecule has 0 bridgehead atoms. The Kier molecular flexibility index (Phi) is 4.65. The van der Waals surface area contributed by atoms with Gasteiger partial charge in [0.05, 0.1) is 39.1 Å². The van der Waals surface area contributed by atoms with Gasteiger partial charge < -0.3 is 5.32 Å². The summed E-state index contributed by atoms with van der Waals surface area (Å²) in [7, 11) is 0. The van der Waals surface area contributed by atoms with Crippen LogP contribution < -0.4 is 5.32 Å². The highest BCUT2D eigenvalue weighted by Gasteiger charge is 2.30. The largest absolute Gasteiger partial charge is 0.321 e. The Morgan fingerprint density at radius 1 is 1.29 bits per heavy atom. The van der Waals surface area contributed by atoms with Gasteiger partial charge >= 0.3 is 0 Å². The minimum atomic E-state index is -0.215. The molecular weight excluding hydrogens is 370 g/mol. The first-order valence-corrected chi connectivity index (χ1v) is 10.7. The number of nitrogens with zero attached hydrogens (tertiary/aromatic N) is 4. The number of amides is 1. The lowest BCUT2D eigenvalue weighted by atomic mass is 10.1. The number of aryl methyl sites for hydroxylation is 1. The zero-order valence-corrected chi connectivity index (χ0v) is 17.7. The Morgan fingerprint density at radius 2 is 2.04 bits per heavy atom. The van der Waals surface area contributed by atoms with Crippen LogP contribution in [0.15, 0.2) is 29.4 Å². The van der Waals surface area contributed by atoms with Gasteiger partial charge in [0.25, 0.3) is 5.91 Å². The van der Waals surface area contributed by atoms with E-state index in [-0.39, 0.29) is 11.4 Å². The molecule has 3 aromatic heterocycles. The maximum Gasteiger partial charge on any atom is 0.256 e. The molecule has 1 aliphatic rings. The van der Waals surface area contributed by atoms with Crippen molar-refractivity contribution in [2.24, 2.45) is 0 Å². The Labute approximate surface area is 169 Å². The van der Waals surface area contributed by atoms with Crippen molar-refractivity contribution in [2.75, 3.05) is 11.6 Å². The van der Waals surface area contributed by atoms with Crippen LogP contribution in [0.5, 0.6) is 0 Å². The molecule has 6 nitrogen and oxygen atoms in total. The number of carbonyl (C=O) groups is 1. The smallest absolute Gasteiger partial charge is 0.256 e. The van der Waals surface area contributed by atoms with E-state index in [0.717, 1.165) is 40.3 Å². The highest BCUT2D eigenvalue weighted by molar-refractivity contribution is 7.98. The first-order chi connectivity index (χ1) is 13.3. The molecule has 28 heavy (non-hydrogen) atoms. The molecule has 7 heteroatoms. The van der Waals surface area contributed by atoms with Crippen molar-refractivity contribution >= 4 is 34.4 Å². The van der Waals surface area contributed by atoms with Crippen LogP contribution in [0.1, 0.15) is 61.3 Å². The summed E-state index contributed by atoms with van der Waals surface area (Å²) in [6, 6.07) is 5.73. The van der Waals surface area contributed by atoms with Crippen molar-refractivity contribution in [3.05, 3.63) is 41.3 Å². The zero-order valence-electron chi connectivity index (χ0n) is 16.9. The minimum Gasteiger partial charge on any atom is -0.321 e. The van der Waals surface area contributed by atoms with E-state index in [2.05, 4.69) is 31.1 Å². The molecule has 146 valence electrons. The van der Waals surface area contributed by atoms with Gasteiger partial charge in [-0.05, 0) is 65.0 Å². The van der Waals surface area contributed by atoms with Crippen LogP contribution in [0.25, 0.3) is 11.0 Å². The molecule has 0 unspecified atom stereocenters. The van der Waals surface area contributed by atoms with Crippen LogP contribution in [0.3, 0.4) is 0 Å². The van der Waals surface area contributed by atoms with E-state index >= 15 is 0 Å². The normalized spacial score (nSPS) is 14.5. The van der Waals surface area contributed by atoms with Crippen molar-refractivity contribution in [1.82, 2.24) is 19.7 Å². The number of pyridine rings is 2. The first-order valence-electron chi connectivity index (χ1n) is 9.50. The van der Waals surface area contributed by atoms with E-state index in [1.165, 1.54) is 0 Å². The van der Waals surface area contributed by atoms with Crippen LogP contribution in [0.4, 0.5) is 5.69 Å². The van der Waals surface area contributed by atoms with Crippen molar-refractivity contribution in [2.45, 2.75) is 57.0 Å². The Morgan fingerprint density at radius 3 is 2.61 bits per heavy atom. The fourth-order valence-corrected chi connectivity index (χ4v) is 3.68. The summed E-state index contributed by atoms with van der Waals surface area (Å²) in [5.41, 5.74) is 3.69. The highest BCUT2D eigenvalue weighted by Crippen LogP contribution is 2.41. The van der Waals surface area contributed by atoms with Crippen molar-refractivity contribution in [3.63, 3.8) is 0 Å². The SMILES string of the molecule is CSc1ccc(NC(=O)c2cc(C3CC3)nc3c2c(C)nn3C(C)(C)C)cn1. The standard InChI is InChI=1S/C21H25N5OS/c1-12-18-15(20(27)23-14-8-9-17(28-5)22-11-14)10-16(13-6-7-13)24-19(18)26(25-12)21(2,3)4/h8-11,13H,6-7H2,1-5H3,(H,23,27). The van der Waals surface area contributed by atoms with E-state index in [1.54, 1.807) is 18.0 Å². The minimum absolute atomic E-state index is 0.149. The Balaban J connectivity index is 1.80. The number of thioether (sulfide) groups is 1. The molecule has 0 spiro atoms. The Bertz CT molecular complexity index is 1050. The lowest BCUT2D eigenvalue weighted by Gasteiger charge is -2.20. The van der Waals surface area contributed by atoms with E-state index in [0.29, 0.717) is 17.2 Å². The third kappa shape index (κ3) is 3.51. The topological polar surface area (TPSA) is 72.7 Å². The highest BCUT2D eigenvalue weighted by atomic mass is 32.2. The van der Waals surface area contributed by atoms with E-state index in [4.69, 9.17) is 10.1 Å². The average molecular weight is 396 g/mol. The summed E-state index contributed by atoms with van der Waals surface area (Å²) in [6.45, 7) is 8.24.